The Morgan fingerprint density at radius 1 is 0.418 bits per heavy atom. The van der Waals surface area contributed by atoms with Gasteiger partial charge >= 0.3 is 0 Å². The van der Waals surface area contributed by atoms with Crippen LogP contribution in [0.2, 0.25) is 5.02 Å². The number of alkyl halides is 3. The lowest BCUT2D eigenvalue weighted by Crippen LogP contribution is -2.36. The van der Waals surface area contributed by atoms with Crippen LogP contribution in [0.15, 0.2) is 102 Å². The largest absolute Gasteiger partial charge is 0.493 e. The number of aryl methyl sites for hydroxylation is 4. The van der Waals surface area contributed by atoms with Crippen molar-refractivity contribution in [2.24, 2.45) is 0 Å². The van der Waals surface area contributed by atoms with E-state index in [1.165, 1.54) is 188 Å². The third-order valence-corrected chi connectivity index (χ3v) is 20.0. The Bertz CT molecular complexity index is 2150. The zero-order valence-corrected chi connectivity index (χ0v) is 69.3. The van der Waals surface area contributed by atoms with E-state index >= 15 is 0 Å². The van der Waals surface area contributed by atoms with E-state index in [1.807, 2.05) is 30.3 Å². The molecule has 0 bridgehead atoms. The van der Waals surface area contributed by atoms with Gasteiger partial charge < -0.3 is 38.5 Å². The van der Waals surface area contributed by atoms with Crippen molar-refractivity contribution >= 4 is 51.1 Å². The quantitative estimate of drug-likeness (QED) is 0.107. The van der Waals surface area contributed by atoms with Crippen LogP contribution in [-0.4, -0.2) is 231 Å². The zero-order chi connectivity index (χ0) is 73.7. The van der Waals surface area contributed by atoms with Crippen molar-refractivity contribution in [1.29, 1.82) is 0 Å². The van der Waals surface area contributed by atoms with Gasteiger partial charge in [0.15, 0.2) is 11.5 Å². The summed E-state index contributed by atoms with van der Waals surface area (Å²) in [6.07, 6.45) is 17.9. The molecule has 0 radical (unpaired) electrons. The lowest BCUT2D eigenvalue weighted by molar-refractivity contribution is 0.0404. The van der Waals surface area contributed by atoms with Crippen molar-refractivity contribution in [2.75, 3.05) is 190 Å². The molecule has 0 amide bonds. The second-order valence-electron chi connectivity index (χ2n) is 24.0. The molecule has 0 aliphatic carbocycles. The van der Waals surface area contributed by atoms with E-state index in [1.54, 1.807) is 14.2 Å². The van der Waals surface area contributed by atoms with Crippen LogP contribution in [0, 0.1) is 0 Å². The maximum atomic E-state index is 9.50. The number of methoxy groups -OCH3 is 2. The van der Waals surface area contributed by atoms with Gasteiger partial charge in [-0.3, -0.25) is 23.0 Å². The highest BCUT2D eigenvalue weighted by molar-refractivity contribution is 9.10. The number of ether oxygens (including phenoxy) is 4. The molecule has 0 aromatic heterocycles. The topological polar surface area (TPSA) is 56.4 Å². The van der Waals surface area contributed by atoms with Gasteiger partial charge in [0, 0.05) is 96.9 Å². The molecule has 6 aliphatic rings. The lowest BCUT2D eigenvalue weighted by Gasteiger charge is -2.31. The van der Waals surface area contributed by atoms with Gasteiger partial charge in [-0.05, 0) is 170 Å². The average Bonchev–Trinajstić information content (AvgIpc) is 0.915. The second-order valence-corrected chi connectivity index (χ2v) is 27.8. The maximum Gasteiger partial charge on any atom is 0.160 e. The van der Waals surface area contributed by atoms with E-state index in [-0.39, 0.29) is 0 Å². The number of likely N-dealkylation sites (N-methyl/N-ethyl adjacent to an activating group) is 2. The first-order valence-corrected chi connectivity index (χ1v) is 40.9. The van der Waals surface area contributed by atoms with Crippen molar-refractivity contribution in [3.05, 3.63) is 129 Å². The molecule has 0 N–H and O–H groups in total. The van der Waals surface area contributed by atoms with Crippen molar-refractivity contribution in [3.63, 3.8) is 0 Å². The van der Waals surface area contributed by atoms with E-state index in [2.05, 4.69) is 219 Å². The Kier molecular flexibility index (Phi) is 75.4. The predicted octanol–water partition coefficient (Wildman–Crippen LogP) is 20.3. The molecule has 17 heteroatoms. The molecule has 0 saturated carbocycles. The molecule has 98 heavy (non-hydrogen) atoms. The number of piperidine rings is 2. The predicted molar refractivity (Wildman–Crippen MR) is 435 cm³/mol. The molecule has 6 heterocycles. The number of hydrogen-bond donors (Lipinski definition) is 0. The highest BCUT2D eigenvalue weighted by Crippen LogP contribution is 2.28. The monoisotopic (exact) mass is 1500 g/mol. The molecule has 4 aromatic carbocycles. The molecule has 6 aliphatic heterocycles. The molecule has 2 atom stereocenters. The van der Waals surface area contributed by atoms with Crippen LogP contribution in [0.25, 0.3) is 0 Å². The van der Waals surface area contributed by atoms with Crippen molar-refractivity contribution in [2.45, 2.75) is 185 Å². The maximum absolute atomic E-state index is 9.50. The first kappa shape index (κ1) is 99.6. The lowest BCUT2D eigenvalue weighted by atomic mass is 10.0. The van der Waals surface area contributed by atoms with Crippen molar-refractivity contribution < 1.29 is 32.1 Å². The summed E-state index contributed by atoms with van der Waals surface area (Å²) >= 11 is 13.4. The summed E-state index contributed by atoms with van der Waals surface area (Å²) in [4.78, 5) is 14.9. The van der Waals surface area contributed by atoms with Gasteiger partial charge in [-0.1, -0.05) is 202 Å². The van der Waals surface area contributed by atoms with Crippen LogP contribution in [0.3, 0.4) is 0 Å². The molecule has 6 fully saturated rings. The minimum Gasteiger partial charge on any atom is -0.493 e. The number of benzene rings is 4. The van der Waals surface area contributed by atoms with Gasteiger partial charge in [0.1, 0.15) is 0 Å². The Morgan fingerprint density at radius 2 is 0.776 bits per heavy atom. The molecule has 0 spiro atoms. The summed E-state index contributed by atoms with van der Waals surface area (Å²) < 4.78 is 50.3. The second kappa shape index (κ2) is 74.1. The standard InChI is InChI=1S/C11H16O2.C9H11Br.C9H11Cl.C9H12.2C8H17N.2C6H13NO.2C6H13NS.3CH3F/c1-4-5-9-6-7-10(12-2)11(8-9)13-3;1-2-3-8-4-6-9(10)7-5-8;1-2-5-8-6-3-4-7-9(8)10;1-2-6-9-7-4-3-5-8-9;2*1-3-9-7-5-4-6-8(9)2;4*1-2-7-3-5-8-6-4-7;3*1-2/h6-8H,4-5H2,1-3H3;4-7H,2-3H2,1H3;3-4,6-7H,2,5H2,1H3;3-5,7-8H,2,6H2,1H3;2*8H,3-7H2,1-2H3;4*2-6H2,1H3;3*1H3. The zero-order valence-electron chi connectivity index (χ0n) is 65.3. The van der Waals surface area contributed by atoms with E-state index in [0.29, 0.717) is 21.5 Å². The van der Waals surface area contributed by atoms with E-state index < -0.39 is 0 Å². The third kappa shape index (κ3) is 54.1. The molecule has 10 rings (SSSR count). The fourth-order valence-corrected chi connectivity index (χ4v) is 13.5. The number of hydrogen-bond acceptors (Lipinski definition) is 12. The Labute approximate surface area is 623 Å². The van der Waals surface area contributed by atoms with E-state index in [4.69, 9.17) is 30.5 Å². The molecular formula is C81H145BrClF3N6O4S2. The Balaban J connectivity index is -0.00000102. The van der Waals surface area contributed by atoms with Crippen LogP contribution in [0.1, 0.15) is 170 Å². The van der Waals surface area contributed by atoms with Crippen molar-refractivity contribution in [3.8, 4) is 11.5 Å². The highest BCUT2D eigenvalue weighted by atomic mass is 79.9. The van der Waals surface area contributed by atoms with E-state index in [9.17, 15) is 13.2 Å². The summed E-state index contributed by atoms with van der Waals surface area (Å²) in [7, 11) is 4.81. The fourth-order valence-electron chi connectivity index (χ4n) is 11.1. The van der Waals surface area contributed by atoms with Crippen LogP contribution < -0.4 is 9.47 Å². The van der Waals surface area contributed by atoms with E-state index in [0.717, 1.165) is 111 Å². The molecular weight excluding hydrogens is 1360 g/mol. The van der Waals surface area contributed by atoms with Crippen molar-refractivity contribution in [1.82, 2.24) is 29.4 Å². The van der Waals surface area contributed by atoms with Crippen LogP contribution >= 0.6 is 51.1 Å². The summed E-state index contributed by atoms with van der Waals surface area (Å²) in [6.45, 7) is 50.1. The summed E-state index contributed by atoms with van der Waals surface area (Å²) in [6, 6.07) is 34.8. The molecule has 10 nitrogen and oxygen atoms in total. The molecule has 6 saturated heterocycles. The fraction of sp³-hybridized carbons (Fsp3) is 0.704. The smallest absolute Gasteiger partial charge is 0.160 e. The number of rotatable bonds is 16. The van der Waals surface area contributed by atoms with Gasteiger partial charge in [0.2, 0.25) is 0 Å². The SMILES string of the molecule is CCCc1ccc(Br)cc1.CCCc1ccc(OC)c(OC)c1.CCCc1ccccc1.CCCc1ccccc1Cl.CCN1CCCCC1C.CCN1CCCCC1C.CCN1CCOCC1.CCN1CCOCC1.CCN1CCSCC1.CCN1CCSCC1.CF.CF.CF. The van der Waals surface area contributed by atoms with Gasteiger partial charge in [-0.2, -0.15) is 23.5 Å². The van der Waals surface area contributed by atoms with Crippen LogP contribution in [0.4, 0.5) is 13.2 Å². The highest BCUT2D eigenvalue weighted by Gasteiger charge is 2.16. The molecule has 2 unspecified atom stereocenters. The first-order valence-electron chi connectivity index (χ1n) is 37.4. The number of halogens is 5. The van der Waals surface area contributed by atoms with Gasteiger partial charge in [-0.15, -0.1) is 0 Å². The number of nitrogens with zero attached hydrogens (tertiary/aromatic N) is 6. The van der Waals surface area contributed by atoms with Crippen LogP contribution in [-0.2, 0) is 35.2 Å². The first-order chi connectivity index (χ1) is 47.8. The molecule has 570 valence electrons. The normalized spacial score (nSPS) is 17.7. The third-order valence-electron chi connectivity index (χ3n) is 17.2. The Hall–Kier alpha value is -2.58. The summed E-state index contributed by atoms with van der Waals surface area (Å²) in [5.41, 5.74) is 5.41. The minimum absolute atomic E-state index is 0.500. The van der Waals surface area contributed by atoms with Gasteiger partial charge in [-0.25, -0.2) is 0 Å². The van der Waals surface area contributed by atoms with Gasteiger partial charge in [0.05, 0.1) is 62.2 Å². The average molecular weight is 1500 g/mol. The Morgan fingerprint density at radius 3 is 1.10 bits per heavy atom. The minimum atomic E-state index is 0.500. The molecule has 4 aromatic rings. The number of thioether (sulfide) groups is 2. The summed E-state index contributed by atoms with van der Waals surface area (Å²) in [5, 5.41) is 0.893. The number of morpholine rings is 2. The van der Waals surface area contributed by atoms with Crippen LogP contribution in [0.5, 0.6) is 11.5 Å². The summed E-state index contributed by atoms with van der Waals surface area (Å²) in [5.74, 6) is 6.97. The number of likely N-dealkylation sites (tertiary alicyclic amines) is 2. The van der Waals surface area contributed by atoms with Gasteiger partial charge in [0.25, 0.3) is 0 Å².